The lowest BCUT2D eigenvalue weighted by molar-refractivity contribution is -0.119. The SMILES string of the molecule is CCc1ccc([C@H](NCC(=O)NC(=O)NC2CCCC2)C(C)C)cc1. The van der Waals surface area contributed by atoms with Crippen molar-refractivity contribution in [3.8, 4) is 0 Å². The lowest BCUT2D eigenvalue weighted by atomic mass is 9.95. The van der Waals surface area contributed by atoms with Crippen LogP contribution in [0.5, 0.6) is 0 Å². The quantitative estimate of drug-likeness (QED) is 0.710. The zero-order chi connectivity index (χ0) is 18.2. The maximum Gasteiger partial charge on any atom is 0.321 e. The van der Waals surface area contributed by atoms with E-state index in [1.165, 1.54) is 5.56 Å². The third-order valence-electron chi connectivity index (χ3n) is 4.84. The average Bonchev–Trinajstić information content (AvgIpc) is 3.08. The van der Waals surface area contributed by atoms with E-state index < -0.39 is 0 Å². The van der Waals surface area contributed by atoms with Crippen molar-refractivity contribution in [2.45, 2.75) is 65.0 Å². The van der Waals surface area contributed by atoms with E-state index in [4.69, 9.17) is 0 Å². The van der Waals surface area contributed by atoms with Crippen LogP contribution in [-0.2, 0) is 11.2 Å². The molecule has 5 nitrogen and oxygen atoms in total. The number of urea groups is 1. The molecule has 1 aromatic carbocycles. The molecule has 1 aliphatic rings. The zero-order valence-corrected chi connectivity index (χ0v) is 15.6. The van der Waals surface area contributed by atoms with E-state index in [-0.39, 0.29) is 30.6 Å². The molecule has 0 unspecified atom stereocenters. The van der Waals surface area contributed by atoms with Crippen molar-refractivity contribution in [2.75, 3.05) is 6.54 Å². The number of hydrogen-bond acceptors (Lipinski definition) is 3. The molecular formula is C20H31N3O2. The molecule has 1 aromatic rings. The molecule has 0 heterocycles. The van der Waals surface area contributed by atoms with Gasteiger partial charge in [-0.1, -0.05) is 57.9 Å². The summed E-state index contributed by atoms with van der Waals surface area (Å²) in [5, 5.41) is 8.56. The normalized spacial score (nSPS) is 16.0. The summed E-state index contributed by atoms with van der Waals surface area (Å²) >= 11 is 0. The highest BCUT2D eigenvalue weighted by Gasteiger charge is 2.20. The molecule has 5 heteroatoms. The molecule has 0 aromatic heterocycles. The number of carbonyl (C=O) groups excluding carboxylic acids is 2. The van der Waals surface area contributed by atoms with Crippen LogP contribution >= 0.6 is 0 Å². The first-order valence-corrected chi connectivity index (χ1v) is 9.42. The van der Waals surface area contributed by atoms with Gasteiger partial charge in [0.25, 0.3) is 0 Å². The van der Waals surface area contributed by atoms with Gasteiger partial charge in [0, 0.05) is 12.1 Å². The number of rotatable bonds is 7. The van der Waals surface area contributed by atoms with Crippen molar-refractivity contribution < 1.29 is 9.59 Å². The van der Waals surface area contributed by atoms with Crippen LogP contribution in [-0.4, -0.2) is 24.5 Å². The molecule has 1 saturated carbocycles. The summed E-state index contributed by atoms with van der Waals surface area (Å²) in [7, 11) is 0. The van der Waals surface area contributed by atoms with E-state index in [1.54, 1.807) is 0 Å². The Hall–Kier alpha value is -1.88. The molecule has 1 aliphatic carbocycles. The fourth-order valence-corrected chi connectivity index (χ4v) is 3.36. The van der Waals surface area contributed by atoms with Gasteiger partial charge in [0.2, 0.25) is 5.91 Å². The maximum absolute atomic E-state index is 12.1. The standard InChI is InChI=1S/C20H31N3O2/c1-4-15-9-11-16(12-10-15)19(14(2)3)21-13-18(24)23-20(25)22-17-7-5-6-8-17/h9-12,14,17,19,21H,4-8,13H2,1-3H3,(H2,22,23,24,25)/t19-/m1/s1. The van der Waals surface area contributed by atoms with Crippen LogP contribution in [0.4, 0.5) is 4.79 Å². The van der Waals surface area contributed by atoms with E-state index in [9.17, 15) is 9.59 Å². The summed E-state index contributed by atoms with van der Waals surface area (Å²) in [6, 6.07) is 8.38. The summed E-state index contributed by atoms with van der Waals surface area (Å²) in [6.45, 7) is 6.50. The number of imide groups is 1. The van der Waals surface area contributed by atoms with E-state index in [0.717, 1.165) is 37.7 Å². The minimum Gasteiger partial charge on any atom is -0.335 e. The van der Waals surface area contributed by atoms with Crippen molar-refractivity contribution in [3.05, 3.63) is 35.4 Å². The highest BCUT2D eigenvalue weighted by molar-refractivity contribution is 5.95. The highest BCUT2D eigenvalue weighted by atomic mass is 16.2. The maximum atomic E-state index is 12.1. The second kappa shape index (κ2) is 9.56. The van der Waals surface area contributed by atoms with Gasteiger partial charge in [-0.25, -0.2) is 4.79 Å². The summed E-state index contributed by atoms with van der Waals surface area (Å²) in [4.78, 5) is 23.9. The van der Waals surface area contributed by atoms with Crippen molar-refractivity contribution in [3.63, 3.8) is 0 Å². The summed E-state index contributed by atoms with van der Waals surface area (Å²) in [5.41, 5.74) is 2.46. The third kappa shape index (κ3) is 6.16. The third-order valence-corrected chi connectivity index (χ3v) is 4.84. The van der Waals surface area contributed by atoms with Gasteiger partial charge >= 0.3 is 6.03 Å². The summed E-state index contributed by atoms with van der Waals surface area (Å²) in [5.74, 6) is 0.0407. The Morgan fingerprint density at radius 3 is 2.32 bits per heavy atom. The fourth-order valence-electron chi connectivity index (χ4n) is 3.36. The van der Waals surface area contributed by atoms with Gasteiger partial charge in [-0.2, -0.15) is 0 Å². The Kier molecular flexibility index (Phi) is 7.44. The van der Waals surface area contributed by atoms with Crippen LogP contribution < -0.4 is 16.0 Å². The van der Waals surface area contributed by atoms with Crippen molar-refractivity contribution in [1.82, 2.24) is 16.0 Å². The summed E-state index contributed by atoms with van der Waals surface area (Å²) < 4.78 is 0. The van der Waals surface area contributed by atoms with Gasteiger partial charge in [0.1, 0.15) is 0 Å². The van der Waals surface area contributed by atoms with Crippen LogP contribution in [0.1, 0.15) is 63.6 Å². The van der Waals surface area contributed by atoms with Crippen LogP contribution in [0.25, 0.3) is 0 Å². The Bertz CT molecular complexity index is 563. The molecule has 138 valence electrons. The predicted molar refractivity (Wildman–Crippen MR) is 100 cm³/mol. The molecule has 0 spiro atoms. The number of nitrogens with one attached hydrogen (secondary N) is 3. The number of amides is 3. The van der Waals surface area contributed by atoms with Crippen molar-refractivity contribution in [2.24, 2.45) is 5.92 Å². The zero-order valence-electron chi connectivity index (χ0n) is 15.6. The largest absolute Gasteiger partial charge is 0.335 e. The molecule has 2 rings (SSSR count). The van der Waals surface area contributed by atoms with E-state index >= 15 is 0 Å². The fraction of sp³-hybridized carbons (Fsp3) is 0.600. The number of carbonyl (C=O) groups is 2. The summed E-state index contributed by atoms with van der Waals surface area (Å²) in [6.07, 6.45) is 5.31. The first kappa shape index (κ1) is 19.4. The van der Waals surface area contributed by atoms with Crippen LogP contribution in [0, 0.1) is 5.92 Å². The van der Waals surface area contributed by atoms with E-state index in [0.29, 0.717) is 5.92 Å². The average molecular weight is 345 g/mol. The number of hydrogen-bond donors (Lipinski definition) is 3. The molecule has 0 bridgehead atoms. The molecule has 3 amide bonds. The molecule has 1 atom stereocenters. The second-order valence-electron chi connectivity index (χ2n) is 7.20. The Morgan fingerprint density at radius 1 is 1.12 bits per heavy atom. The molecule has 1 fully saturated rings. The van der Waals surface area contributed by atoms with Gasteiger partial charge in [0.15, 0.2) is 0 Å². The smallest absolute Gasteiger partial charge is 0.321 e. The monoisotopic (exact) mass is 345 g/mol. The van der Waals surface area contributed by atoms with Crippen molar-refractivity contribution >= 4 is 11.9 Å². The van der Waals surface area contributed by atoms with E-state index in [2.05, 4.69) is 61.0 Å². The van der Waals surface area contributed by atoms with Crippen LogP contribution in [0.2, 0.25) is 0 Å². The number of aryl methyl sites for hydroxylation is 1. The Morgan fingerprint density at radius 2 is 1.76 bits per heavy atom. The molecular weight excluding hydrogens is 314 g/mol. The topological polar surface area (TPSA) is 70.2 Å². The molecule has 0 saturated heterocycles. The lowest BCUT2D eigenvalue weighted by Crippen LogP contribution is -2.46. The second-order valence-corrected chi connectivity index (χ2v) is 7.20. The Balaban J connectivity index is 1.82. The van der Waals surface area contributed by atoms with Gasteiger partial charge < -0.3 is 10.6 Å². The van der Waals surface area contributed by atoms with Gasteiger partial charge in [0.05, 0.1) is 6.54 Å². The predicted octanol–water partition coefficient (Wildman–Crippen LogP) is 3.30. The van der Waals surface area contributed by atoms with Crippen molar-refractivity contribution in [1.29, 1.82) is 0 Å². The first-order valence-electron chi connectivity index (χ1n) is 9.42. The van der Waals surface area contributed by atoms with Crippen LogP contribution in [0.3, 0.4) is 0 Å². The van der Waals surface area contributed by atoms with Gasteiger partial charge in [-0.3, -0.25) is 10.1 Å². The minimum absolute atomic E-state index is 0.0783. The van der Waals surface area contributed by atoms with Gasteiger partial charge in [-0.05, 0) is 36.3 Å². The van der Waals surface area contributed by atoms with E-state index in [1.807, 2.05) is 0 Å². The Labute approximate surface area is 151 Å². The minimum atomic E-state index is -0.382. The molecule has 0 radical (unpaired) electrons. The number of benzene rings is 1. The first-order chi connectivity index (χ1) is 12.0. The lowest BCUT2D eigenvalue weighted by Gasteiger charge is -2.23. The molecule has 25 heavy (non-hydrogen) atoms. The molecule has 0 aliphatic heterocycles. The van der Waals surface area contributed by atoms with Gasteiger partial charge in [-0.15, -0.1) is 0 Å². The highest BCUT2D eigenvalue weighted by Crippen LogP contribution is 2.22. The van der Waals surface area contributed by atoms with Crippen LogP contribution in [0.15, 0.2) is 24.3 Å². The molecule has 3 N–H and O–H groups in total.